The molecule has 0 unspecified atom stereocenters. The number of rotatable bonds is 15. The van der Waals surface area contributed by atoms with Crippen LogP contribution >= 0.6 is 0 Å². The van der Waals surface area contributed by atoms with Gasteiger partial charge < -0.3 is 0 Å². The average Bonchev–Trinajstić information content (AvgIpc) is 1.09. The molecule has 21 aromatic rings. The van der Waals surface area contributed by atoms with E-state index in [1.165, 1.54) is 76.1 Å². The normalized spacial score (nSPS) is 11.5. The van der Waals surface area contributed by atoms with E-state index in [1.54, 1.807) is 0 Å². The second kappa shape index (κ2) is 28.0. The summed E-state index contributed by atoms with van der Waals surface area (Å²) < 4.78 is 1.85. The molecule has 0 aliphatic rings. The van der Waals surface area contributed by atoms with Crippen LogP contribution in [0.3, 0.4) is 0 Å². The van der Waals surface area contributed by atoms with E-state index in [2.05, 4.69) is 261 Å². The number of nitrogens with zero attached hydrogens (tertiary/aromatic N) is 9. The first kappa shape index (κ1) is 65.9. The van der Waals surface area contributed by atoms with Gasteiger partial charge in [-0.15, -0.1) is 5.10 Å². The summed E-state index contributed by atoms with van der Waals surface area (Å²) in [4.78, 5) is 31.0. The van der Waals surface area contributed by atoms with E-state index < -0.39 is 0 Å². The summed E-state index contributed by atoms with van der Waals surface area (Å²) in [6, 6.07) is 138. The SMILES string of the molecule is c1ccc(-c2nc(-c3ccccc3)nc(-c3cc(-c4cn(-c5ccc(-c6cc(-c7ccccc7)c7c8cccc9c%10c(-c%11ccccc%11)c(-c%11ccccc%11)c(-c%11ccccc%11)c(-c%11ccccc%11)c%10c%10cccc(c7c6-c6ccccc6)c%10c89)cc5)nn4)cc(-c4nc(-c5ccccc5)nc(-c5ccccc5)n4)c3)n2)cc1. The largest absolute Gasteiger partial charge is 0.220 e. The molecular weight excluding hydrogens is 1380 g/mol. The molecule has 21 rings (SSSR count). The molecule has 0 N–H and O–H groups in total. The average molecular weight is 1440 g/mol. The summed E-state index contributed by atoms with van der Waals surface area (Å²) in [6.07, 6.45) is 1.98. The molecule has 113 heavy (non-hydrogen) atoms. The maximum Gasteiger partial charge on any atom is 0.164 e. The Morgan fingerprint density at radius 2 is 0.451 bits per heavy atom. The molecule has 0 spiro atoms. The third-order valence-corrected chi connectivity index (χ3v) is 21.8. The van der Waals surface area contributed by atoms with Gasteiger partial charge in [-0.05, 0) is 168 Å². The first-order chi connectivity index (χ1) is 56.1. The molecule has 3 aromatic heterocycles. The van der Waals surface area contributed by atoms with E-state index in [0.29, 0.717) is 51.8 Å². The highest BCUT2D eigenvalue weighted by Gasteiger charge is 2.31. The molecule has 0 fully saturated rings. The van der Waals surface area contributed by atoms with E-state index >= 15 is 0 Å². The zero-order valence-electron chi connectivity index (χ0n) is 61.1. The maximum atomic E-state index is 5.23. The topological polar surface area (TPSA) is 108 Å². The van der Waals surface area contributed by atoms with Gasteiger partial charge in [0.05, 0.1) is 11.9 Å². The highest BCUT2D eigenvalue weighted by Crippen LogP contribution is 2.58. The molecule has 0 amide bonds. The fourth-order valence-corrected chi connectivity index (χ4v) is 16.8. The van der Waals surface area contributed by atoms with Crippen LogP contribution in [0.15, 0.2) is 394 Å². The second-order valence-corrected chi connectivity index (χ2v) is 28.5. The number of benzene rings is 18. The number of aromatic nitrogens is 9. The van der Waals surface area contributed by atoms with Crippen molar-refractivity contribution in [2.75, 3.05) is 0 Å². The van der Waals surface area contributed by atoms with Crippen LogP contribution < -0.4 is 0 Å². The van der Waals surface area contributed by atoms with Crippen molar-refractivity contribution in [3.05, 3.63) is 394 Å². The van der Waals surface area contributed by atoms with Crippen LogP contribution in [0.1, 0.15) is 0 Å². The molecule has 3 heterocycles. The minimum absolute atomic E-state index is 0.466. The molecule has 0 aliphatic heterocycles. The van der Waals surface area contributed by atoms with Gasteiger partial charge in [0.1, 0.15) is 5.69 Å². The zero-order chi connectivity index (χ0) is 74.7. The van der Waals surface area contributed by atoms with E-state index in [-0.39, 0.29) is 0 Å². The molecule has 526 valence electrons. The quantitative estimate of drug-likeness (QED) is 0.0738. The zero-order valence-corrected chi connectivity index (χ0v) is 61.1. The lowest BCUT2D eigenvalue weighted by Gasteiger charge is -2.28. The van der Waals surface area contributed by atoms with Crippen molar-refractivity contribution in [2.45, 2.75) is 0 Å². The summed E-state index contributed by atoms with van der Waals surface area (Å²) >= 11 is 0. The maximum absolute atomic E-state index is 5.23. The molecule has 9 heteroatoms. The van der Waals surface area contributed by atoms with Gasteiger partial charge in [-0.3, -0.25) is 0 Å². The van der Waals surface area contributed by atoms with Crippen molar-refractivity contribution >= 4 is 53.9 Å². The monoisotopic (exact) mass is 1440 g/mol. The van der Waals surface area contributed by atoms with E-state index in [0.717, 1.165) is 89.1 Å². The minimum Gasteiger partial charge on any atom is -0.220 e. The minimum atomic E-state index is 0.466. The third-order valence-electron chi connectivity index (χ3n) is 21.8. The Morgan fingerprint density at radius 3 is 0.805 bits per heavy atom. The Kier molecular flexibility index (Phi) is 16.4. The summed E-state index contributed by atoms with van der Waals surface area (Å²) in [5, 5.41) is 22.0. The van der Waals surface area contributed by atoms with Crippen molar-refractivity contribution in [2.24, 2.45) is 0 Å². The molecule has 0 saturated heterocycles. The van der Waals surface area contributed by atoms with Gasteiger partial charge in [-0.2, -0.15) is 0 Å². The molecule has 0 saturated carbocycles. The van der Waals surface area contributed by atoms with Gasteiger partial charge in [0.15, 0.2) is 34.9 Å². The fourth-order valence-electron chi connectivity index (χ4n) is 16.8. The lowest BCUT2D eigenvalue weighted by atomic mass is 9.74. The van der Waals surface area contributed by atoms with Crippen LogP contribution in [-0.2, 0) is 0 Å². The third kappa shape index (κ3) is 11.7. The Balaban J connectivity index is 0.778. The number of hydrogen-bond acceptors (Lipinski definition) is 8. The van der Waals surface area contributed by atoms with Crippen LogP contribution in [0.25, 0.3) is 217 Å². The summed E-state index contributed by atoms with van der Waals surface area (Å²) in [5.74, 6) is 3.09. The number of fused-ring (bicyclic) bond motifs is 6. The highest BCUT2D eigenvalue weighted by atomic mass is 15.4. The first-order valence-corrected chi connectivity index (χ1v) is 38.1. The Bertz CT molecular complexity index is 6880. The smallest absolute Gasteiger partial charge is 0.164 e. The van der Waals surface area contributed by atoms with Gasteiger partial charge in [0.2, 0.25) is 0 Å². The van der Waals surface area contributed by atoms with Crippen molar-refractivity contribution in [3.63, 3.8) is 0 Å². The molecule has 0 atom stereocenters. The molecule has 0 radical (unpaired) electrons. The van der Waals surface area contributed by atoms with Gasteiger partial charge >= 0.3 is 0 Å². The van der Waals surface area contributed by atoms with Crippen molar-refractivity contribution in [1.82, 2.24) is 44.9 Å². The van der Waals surface area contributed by atoms with E-state index in [4.69, 9.17) is 40.2 Å². The standard InChI is InChI=1S/C104H65N9/c1-11-33-66(34-12-1)86-64-85(67-57-59-80(60-58-67)113-65-87(111-112-113)77-61-78(103-107-99(73-45-23-7-24-46-73)105-100(108-103)74-47-25-8-26-48-74)63-79(62-77)104-109-101(75-49-27-9-28-50-75)106-102(110-104)76-51-29-10-30-52-76)88(68-35-13-2-14-36-68)96-82-54-32-56-84-94(82)93-81(95(86)96)53-31-55-83(93)97-91(71-41-19-5-20-42-71)89(69-37-15-3-16-38-69)90(70-39-17-4-18-40-70)92(98(84)97)72-43-21-6-22-44-72/h1-65H. The molecule has 18 aromatic carbocycles. The Morgan fingerprint density at radius 1 is 0.177 bits per heavy atom. The van der Waals surface area contributed by atoms with Crippen LogP contribution in [0.5, 0.6) is 0 Å². The van der Waals surface area contributed by atoms with Crippen LogP contribution in [0.4, 0.5) is 0 Å². The number of hydrogen-bond donors (Lipinski definition) is 0. The molecule has 0 aliphatic carbocycles. The van der Waals surface area contributed by atoms with Crippen LogP contribution in [0, 0.1) is 0 Å². The predicted molar refractivity (Wildman–Crippen MR) is 463 cm³/mol. The second-order valence-electron chi connectivity index (χ2n) is 28.5. The first-order valence-electron chi connectivity index (χ1n) is 38.1. The van der Waals surface area contributed by atoms with Gasteiger partial charge in [-0.25, -0.2) is 34.6 Å². The Labute approximate surface area is 652 Å². The Hall–Kier alpha value is -15.3. The fraction of sp³-hybridized carbons (Fsp3) is 0. The van der Waals surface area contributed by atoms with Crippen molar-refractivity contribution < 1.29 is 0 Å². The van der Waals surface area contributed by atoms with E-state index in [1.807, 2.05) is 138 Å². The summed E-state index contributed by atoms with van der Waals surface area (Å²) in [5.41, 5.74) is 23.1. The van der Waals surface area contributed by atoms with Crippen molar-refractivity contribution in [1.29, 1.82) is 0 Å². The van der Waals surface area contributed by atoms with Gasteiger partial charge in [0.25, 0.3) is 0 Å². The molecular formula is C104H65N9. The molecule has 0 bridgehead atoms. The van der Waals surface area contributed by atoms with E-state index in [9.17, 15) is 0 Å². The highest BCUT2D eigenvalue weighted by molar-refractivity contribution is 6.46. The van der Waals surface area contributed by atoms with Crippen LogP contribution in [0.2, 0.25) is 0 Å². The molecule has 9 nitrogen and oxygen atoms in total. The predicted octanol–water partition coefficient (Wildman–Crippen LogP) is 26.2. The van der Waals surface area contributed by atoms with Crippen molar-refractivity contribution in [3.8, 4) is 163 Å². The lowest BCUT2D eigenvalue weighted by Crippen LogP contribution is -2.02. The van der Waals surface area contributed by atoms with Gasteiger partial charge in [0, 0.05) is 38.9 Å². The van der Waals surface area contributed by atoms with Crippen LogP contribution in [-0.4, -0.2) is 44.9 Å². The van der Waals surface area contributed by atoms with Gasteiger partial charge in [-0.1, -0.05) is 357 Å². The summed E-state index contributed by atoms with van der Waals surface area (Å²) in [7, 11) is 0. The lowest BCUT2D eigenvalue weighted by molar-refractivity contribution is 0.804. The summed E-state index contributed by atoms with van der Waals surface area (Å²) in [6.45, 7) is 0.